The van der Waals surface area contributed by atoms with Gasteiger partial charge in [-0.3, -0.25) is 4.90 Å². The van der Waals surface area contributed by atoms with Gasteiger partial charge in [0.05, 0.1) is 18.2 Å². The van der Waals surface area contributed by atoms with Gasteiger partial charge in [0.15, 0.2) is 0 Å². The maximum absolute atomic E-state index is 10.4. The first-order chi connectivity index (χ1) is 10.7. The Morgan fingerprint density at radius 3 is 2.05 bits per heavy atom. The Labute approximate surface area is 133 Å². The van der Waals surface area contributed by atoms with Crippen LogP contribution in [0.5, 0.6) is 0 Å². The zero-order valence-electron chi connectivity index (χ0n) is 13.5. The molecule has 5 fully saturated rings. The van der Waals surface area contributed by atoms with Crippen molar-refractivity contribution < 1.29 is 5.11 Å². The monoisotopic (exact) mass is 297 g/mol. The van der Waals surface area contributed by atoms with Gasteiger partial charge in [0.25, 0.3) is 0 Å². The third-order valence-electron chi connectivity index (χ3n) is 7.04. The molecule has 2 nitrogen and oxygen atoms in total. The summed E-state index contributed by atoms with van der Waals surface area (Å²) in [6.07, 6.45) is 8.42. The molecule has 0 amide bonds. The van der Waals surface area contributed by atoms with Gasteiger partial charge in [-0.05, 0) is 68.8 Å². The number of rotatable bonds is 3. The second kappa shape index (κ2) is 4.58. The molecule has 4 aliphatic carbocycles. The SMILES string of the molecule is C[C@@H](O)[C@@H]1[C@H](c2ccccc2)N1C12CC3CC(CC(C3)C1)C2. The van der Waals surface area contributed by atoms with Gasteiger partial charge >= 0.3 is 0 Å². The average molecular weight is 297 g/mol. The summed E-state index contributed by atoms with van der Waals surface area (Å²) in [5.74, 6) is 2.91. The Bertz CT molecular complexity index is 531. The molecular formula is C20H27NO. The summed E-state index contributed by atoms with van der Waals surface area (Å²) in [5.41, 5.74) is 1.82. The Balaban J connectivity index is 1.49. The minimum Gasteiger partial charge on any atom is -0.392 e. The van der Waals surface area contributed by atoms with Gasteiger partial charge in [0.1, 0.15) is 0 Å². The number of benzene rings is 1. The Morgan fingerprint density at radius 2 is 1.55 bits per heavy atom. The summed E-state index contributed by atoms with van der Waals surface area (Å²) >= 11 is 0. The van der Waals surface area contributed by atoms with E-state index in [0.717, 1.165) is 17.8 Å². The van der Waals surface area contributed by atoms with E-state index in [2.05, 4.69) is 35.2 Å². The molecule has 4 saturated carbocycles. The first kappa shape index (κ1) is 13.6. The predicted octanol–water partition coefficient (Wildman–Crippen LogP) is 3.76. The van der Waals surface area contributed by atoms with Gasteiger partial charge < -0.3 is 5.11 Å². The molecule has 1 N–H and O–H groups in total. The van der Waals surface area contributed by atoms with Crippen LogP contribution in [-0.2, 0) is 0 Å². The lowest BCUT2D eigenvalue weighted by Gasteiger charge is -2.58. The van der Waals surface area contributed by atoms with Crippen LogP contribution in [-0.4, -0.2) is 27.7 Å². The molecule has 4 bridgehead atoms. The van der Waals surface area contributed by atoms with Crippen LogP contribution in [0.3, 0.4) is 0 Å². The molecule has 1 saturated heterocycles. The fourth-order valence-electron chi connectivity index (χ4n) is 6.75. The van der Waals surface area contributed by atoms with E-state index in [9.17, 15) is 5.11 Å². The second-order valence-corrected chi connectivity index (χ2v) is 8.64. The zero-order valence-corrected chi connectivity index (χ0v) is 13.5. The van der Waals surface area contributed by atoms with Gasteiger partial charge in [0.2, 0.25) is 0 Å². The van der Waals surface area contributed by atoms with Crippen molar-refractivity contribution in [2.45, 2.75) is 69.2 Å². The van der Waals surface area contributed by atoms with Crippen LogP contribution < -0.4 is 0 Å². The number of hydrogen-bond donors (Lipinski definition) is 1. The molecule has 1 aromatic carbocycles. The number of nitrogens with zero attached hydrogens (tertiary/aromatic N) is 1. The molecule has 0 aromatic heterocycles. The minimum atomic E-state index is -0.224. The Hall–Kier alpha value is -0.860. The van der Waals surface area contributed by atoms with E-state index in [-0.39, 0.29) is 6.10 Å². The van der Waals surface area contributed by atoms with Gasteiger partial charge in [-0.2, -0.15) is 0 Å². The van der Waals surface area contributed by atoms with Crippen molar-refractivity contribution in [1.29, 1.82) is 0 Å². The molecule has 1 unspecified atom stereocenters. The number of hydrogen-bond acceptors (Lipinski definition) is 2. The first-order valence-electron chi connectivity index (χ1n) is 9.18. The van der Waals surface area contributed by atoms with E-state index in [1.54, 1.807) is 0 Å². The summed E-state index contributed by atoms with van der Waals surface area (Å²) < 4.78 is 0. The molecule has 1 heterocycles. The van der Waals surface area contributed by atoms with E-state index in [1.165, 1.54) is 44.1 Å². The van der Waals surface area contributed by atoms with Crippen LogP contribution in [0.15, 0.2) is 30.3 Å². The van der Waals surface area contributed by atoms with E-state index in [4.69, 9.17) is 0 Å². The van der Waals surface area contributed by atoms with Gasteiger partial charge in [-0.15, -0.1) is 0 Å². The van der Waals surface area contributed by atoms with Crippen molar-refractivity contribution in [3.8, 4) is 0 Å². The molecule has 118 valence electrons. The quantitative estimate of drug-likeness (QED) is 0.859. The van der Waals surface area contributed by atoms with Crippen molar-refractivity contribution >= 4 is 0 Å². The standard InChI is InChI=1S/C20H27NO/c1-13(22)18-19(17-5-3-2-4-6-17)21(18)20-10-14-7-15(11-20)9-16(8-14)12-20/h2-6,13-16,18-19,22H,7-12H2,1H3/t13-,14?,15?,16?,18-,19+,20?,21?/m1/s1. The van der Waals surface area contributed by atoms with E-state index in [0.29, 0.717) is 17.6 Å². The van der Waals surface area contributed by atoms with Crippen LogP contribution in [0.1, 0.15) is 57.1 Å². The Morgan fingerprint density at radius 1 is 1.00 bits per heavy atom. The summed E-state index contributed by atoms with van der Waals surface area (Å²) in [7, 11) is 0. The highest BCUT2D eigenvalue weighted by atomic mass is 16.3. The first-order valence-corrected chi connectivity index (χ1v) is 9.18. The largest absolute Gasteiger partial charge is 0.392 e. The average Bonchev–Trinajstić information content (AvgIpc) is 3.23. The Kier molecular flexibility index (Phi) is 2.82. The van der Waals surface area contributed by atoms with E-state index >= 15 is 0 Å². The third-order valence-corrected chi connectivity index (χ3v) is 7.04. The lowest BCUT2D eigenvalue weighted by molar-refractivity contribution is -0.0609. The fourth-order valence-corrected chi connectivity index (χ4v) is 6.75. The molecule has 1 aromatic rings. The molecule has 22 heavy (non-hydrogen) atoms. The molecule has 0 radical (unpaired) electrons. The number of aliphatic hydroxyl groups excluding tert-OH is 1. The highest BCUT2D eigenvalue weighted by Crippen LogP contribution is 2.64. The van der Waals surface area contributed by atoms with Gasteiger partial charge in [0, 0.05) is 5.54 Å². The summed E-state index contributed by atoms with van der Waals surface area (Å²) in [6, 6.07) is 11.7. The highest BCUT2D eigenvalue weighted by Gasteiger charge is 2.64. The van der Waals surface area contributed by atoms with Crippen LogP contribution >= 0.6 is 0 Å². The lowest BCUT2D eigenvalue weighted by atomic mass is 9.53. The maximum atomic E-state index is 10.4. The molecule has 5 aliphatic rings. The normalized spacial score (nSPS) is 50.1. The van der Waals surface area contributed by atoms with Crippen LogP contribution in [0.4, 0.5) is 0 Å². The van der Waals surface area contributed by atoms with Gasteiger partial charge in [-0.1, -0.05) is 30.3 Å². The fraction of sp³-hybridized carbons (Fsp3) is 0.700. The molecule has 2 heteroatoms. The minimum absolute atomic E-state index is 0.224. The van der Waals surface area contributed by atoms with E-state index in [1.807, 2.05) is 6.92 Å². The van der Waals surface area contributed by atoms with Crippen molar-refractivity contribution in [2.75, 3.05) is 0 Å². The third kappa shape index (κ3) is 1.86. The summed E-state index contributed by atoms with van der Waals surface area (Å²) in [6.45, 7) is 1.99. The predicted molar refractivity (Wildman–Crippen MR) is 87.4 cm³/mol. The zero-order chi connectivity index (χ0) is 14.9. The smallest absolute Gasteiger partial charge is 0.0686 e. The van der Waals surface area contributed by atoms with E-state index < -0.39 is 0 Å². The second-order valence-electron chi connectivity index (χ2n) is 8.64. The van der Waals surface area contributed by atoms with Gasteiger partial charge in [-0.25, -0.2) is 0 Å². The molecule has 0 spiro atoms. The van der Waals surface area contributed by atoms with Crippen molar-refractivity contribution in [3.63, 3.8) is 0 Å². The molecule has 6 rings (SSSR count). The summed E-state index contributed by atoms with van der Waals surface area (Å²) in [5, 5.41) is 10.4. The van der Waals surface area contributed by atoms with Crippen molar-refractivity contribution in [3.05, 3.63) is 35.9 Å². The van der Waals surface area contributed by atoms with Crippen molar-refractivity contribution in [2.24, 2.45) is 17.8 Å². The van der Waals surface area contributed by atoms with Crippen LogP contribution in [0.25, 0.3) is 0 Å². The van der Waals surface area contributed by atoms with Crippen molar-refractivity contribution in [1.82, 2.24) is 4.90 Å². The van der Waals surface area contributed by atoms with Crippen LogP contribution in [0.2, 0.25) is 0 Å². The summed E-state index contributed by atoms with van der Waals surface area (Å²) in [4.78, 5) is 2.73. The highest BCUT2D eigenvalue weighted by molar-refractivity contribution is 5.31. The van der Waals surface area contributed by atoms with Crippen LogP contribution in [0, 0.1) is 17.8 Å². The maximum Gasteiger partial charge on any atom is 0.0686 e. The lowest BCUT2D eigenvalue weighted by Crippen LogP contribution is -2.55. The molecular weight excluding hydrogens is 270 g/mol. The molecule has 4 atom stereocenters. The molecule has 1 aliphatic heterocycles. The topological polar surface area (TPSA) is 23.2 Å². The number of aliphatic hydroxyl groups is 1.